The topological polar surface area (TPSA) is 73.9 Å². The van der Waals surface area contributed by atoms with E-state index in [1.54, 1.807) is 18.2 Å². The fourth-order valence-corrected chi connectivity index (χ4v) is 3.59. The summed E-state index contributed by atoms with van der Waals surface area (Å²) in [4.78, 5) is 24.0. The van der Waals surface area contributed by atoms with Crippen LogP contribution in [0.5, 0.6) is 0 Å². The van der Waals surface area contributed by atoms with Gasteiger partial charge in [-0.3, -0.25) is 4.79 Å². The van der Waals surface area contributed by atoms with Crippen LogP contribution in [0.15, 0.2) is 54.0 Å². The van der Waals surface area contributed by atoms with Gasteiger partial charge in [0.25, 0.3) is 0 Å². The van der Waals surface area contributed by atoms with Gasteiger partial charge in [-0.1, -0.05) is 54.1 Å². The average Bonchev–Trinajstić information content (AvgIpc) is 2.97. The first-order chi connectivity index (χ1) is 15.5. The molecule has 0 unspecified atom stereocenters. The highest BCUT2D eigenvalue weighted by atomic mass is 35.5. The summed E-state index contributed by atoms with van der Waals surface area (Å²) in [7, 11) is -0.671. The van der Waals surface area contributed by atoms with Crippen molar-refractivity contribution in [1.82, 2.24) is 5.32 Å². The maximum absolute atomic E-state index is 12.3. The first-order valence-corrected chi connectivity index (χ1v) is 11.2. The second-order valence-electron chi connectivity index (χ2n) is 9.02. The van der Waals surface area contributed by atoms with E-state index in [9.17, 15) is 9.59 Å². The van der Waals surface area contributed by atoms with Gasteiger partial charge in [0.15, 0.2) is 5.78 Å². The van der Waals surface area contributed by atoms with E-state index < -0.39 is 24.4 Å². The third-order valence-corrected chi connectivity index (χ3v) is 6.24. The smallest absolute Gasteiger partial charge is 0.445 e. The Morgan fingerprint density at radius 1 is 1.06 bits per heavy atom. The Labute approximate surface area is 200 Å². The number of carbonyl (C=O) groups is 2. The van der Waals surface area contributed by atoms with Gasteiger partial charge in [0.1, 0.15) is 6.61 Å². The first kappa shape index (κ1) is 25.0. The number of rotatable bonds is 7. The van der Waals surface area contributed by atoms with E-state index in [0.717, 1.165) is 11.1 Å². The molecule has 33 heavy (non-hydrogen) atoms. The van der Waals surface area contributed by atoms with Crippen molar-refractivity contribution in [3.63, 3.8) is 0 Å². The van der Waals surface area contributed by atoms with Gasteiger partial charge in [0, 0.05) is 12.1 Å². The Morgan fingerprint density at radius 2 is 1.70 bits per heavy atom. The quantitative estimate of drug-likeness (QED) is 0.429. The molecule has 1 N–H and O–H groups in total. The summed E-state index contributed by atoms with van der Waals surface area (Å²) in [6.07, 6.45) is 1.29. The van der Waals surface area contributed by atoms with Crippen molar-refractivity contribution in [3.8, 4) is 0 Å². The molecule has 0 bridgehead atoms. The van der Waals surface area contributed by atoms with Gasteiger partial charge in [-0.05, 0) is 63.4 Å². The number of ketones is 1. The van der Waals surface area contributed by atoms with Crippen molar-refractivity contribution < 1.29 is 23.6 Å². The molecule has 3 rings (SSSR count). The third-order valence-electron chi connectivity index (χ3n) is 5.93. The van der Waals surface area contributed by atoms with E-state index >= 15 is 0 Å². The van der Waals surface area contributed by atoms with Gasteiger partial charge in [-0.15, -0.1) is 0 Å². The minimum absolute atomic E-state index is 0.107. The SMILES string of the molecule is CC(=O)c1ccc(C=C(CNC(=O)OCc2ccccc2)B2OC(C)(C)C(C)(C)O2)cc1Cl. The van der Waals surface area contributed by atoms with Gasteiger partial charge < -0.3 is 19.4 Å². The number of Topliss-reactive ketones (excluding diaryl/α,β-unsaturated/α-hetero) is 1. The van der Waals surface area contributed by atoms with E-state index in [1.165, 1.54) is 6.92 Å². The van der Waals surface area contributed by atoms with Crippen LogP contribution in [0.25, 0.3) is 6.08 Å². The lowest BCUT2D eigenvalue weighted by molar-refractivity contribution is 0.00578. The number of ether oxygens (including phenoxy) is 1. The fourth-order valence-electron chi connectivity index (χ4n) is 3.27. The maximum Gasteiger partial charge on any atom is 0.492 e. The summed E-state index contributed by atoms with van der Waals surface area (Å²) in [6, 6.07) is 14.6. The van der Waals surface area contributed by atoms with Crippen LogP contribution in [0.3, 0.4) is 0 Å². The van der Waals surface area contributed by atoms with Gasteiger partial charge in [-0.2, -0.15) is 0 Å². The lowest BCUT2D eigenvalue weighted by atomic mass is 9.77. The van der Waals surface area contributed by atoms with Crippen molar-refractivity contribution in [2.24, 2.45) is 0 Å². The Balaban J connectivity index is 1.77. The number of hydrogen-bond acceptors (Lipinski definition) is 5. The summed E-state index contributed by atoms with van der Waals surface area (Å²) in [5.41, 5.74) is 1.72. The molecule has 0 aliphatic carbocycles. The molecule has 0 atom stereocenters. The van der Waals surface area contributed by atoms with E-state index in [2.05, 4.69) is 5.32 Å². The third kappa shape index (κ3) is 6.25. The minimum atomic E-state index is -0.671. The molecule has 2 aromatic carbocycles. The molecule has 174 valence electrons. The van der Waals surface area contributed by atoms with E-state index in [0.29, 0.717) is 16.1 Å². The van der Waals surface area contributed by atoms with Crippen LogP contribution in [-0.4, -0.2) is 36.7 Å². The average molecular weight is 470 g/mol. The highest BCUT2D eigenvalue weighted by Crippen LogP contribution is 2.38. The summed E-state index contributed by atoms with van der Waals surface area (Å²) >= 11 is 6.28. The molecule has 0 saturated carbocycles. The predicted octanol–water partition coefficient (Wildman–Crippen LogP) is 5.48. The summed E-state index contributed by atoms with van der Waals surface area (Å²) in [5.74, 6) is -0.107. The molecule has 1 saturated heterocycles. The first-order valence-electron chi connectivity index (χ1n) is 10.8. The molecule has 1 amide bonds. The molecule has 2 aromatic rings. The van der Waals surface area contributed by atoms with Crippen molar-refractivity contribution in [3.05, 3.63) is 75.7 Å². The van der Waals surface area contributed by atoms with Crippen LogP contribution < -0.4 is 5.32 Å². The molecule has 6 nitrogen and oxygen atoms in total. The fraction of sp³-hybridized carbons (Fsp3) is 0.360. The maximum atomic E-state index is 12.3. The number of nitrogens with one attached hydrogen (secondary N) is 1. The molecule has 0 aromatic heterocycles. The number of carbonyl (C=O) groups excluding carboxylic acids is 2. The molecule has 8 heteroatoms. The van der Waals surface area contributed by atoms with Crippen LogP contribution in [0.1, 0.15) is 56.1 Å². The normalized spacial score (nSPS) is 17.0. The van der Waals surface area contributed by atoms with Gasteiger partial charge in [-0.25, -0.2) is 4.79 Å². The molecule has 1 fully saturated rings. The number of halogens is 1. The molecule has 1 heterocycles. The van der Waals surface area contributed by atoms with Crippen LogP contribution >= 0.6 is 11.6 Å². The highest BCUT2D eigenvalue weighted by molar-refractivity contribution is 6.56. The van der Waals surface area contributed by atoms with Gasteiger partial charge >= 0.3 is 13.2 Å². The number of benzene rings is 2. The summed E-state index contributed by atoms with van der Waals surface area (Å²) in [5, 5.41) is 3.13. The molecular formula is C25H29BClNO5. The van der Waals surface area contributed by atoms with Crippen LogP contribution in [0.2, 0.25) is 5.02 Å². The van der Waals surface area contributed by atoms with Crippen molar-refractivity contribution in [2.45, 2.75) is 52.4 Å². The van der Waals surface area contributed by atoms with E-state index in [-0.39, 0.29) is 18.9 Å². The molecule has 1 aliphatic rings. The van der Waals surface area contributed by atoms with Crippen LogP contribution in [0, 0.1) is 0 Å². The van der Waals surface area contributed by atoms with Gasteiger partial charge in [0.2, 0.25) is 0 Å². The Morgan fingerprint density at radius 3 is 2.27 bits per heavy atom. The zero-order valence-electron chi connectivity index (χ0n) is 19.6. The summed E-state index contributed by atoms with van der Waals surface area (Å²) in [6.45, 7) is 9.64. The Hall–Kier alpha value is -2.61. The van der Waals surface area contributed by atoms with Gasteiger partial charge in [0.05, 0.1) is 16.2 Å². The minimum Gasteiger partial charge on any atom is -0.445 e. The number of alkyl carbamates (subject to hydrolysis) is 1. The predicted molar refractivity (Wildman–Crippen MR) is 130 cm³/mol. The molecule has 0 spiro atoms. The zero-order valence-corrected chi connectivity index (χ0v) is 20.4. The molecule has 0 radical (unpaired) electrons. The second kappa shape index (κ2) is 10.1. The summed E-state index contributed by atoms with van der Waals surface area (Å²) < 4.78 is 17.7. The molecular weight excluding hydrogens is 441 g/mol. The second-order valence-corrected chi connectivity index (χ2v) is 9.43. The van der Waals surface area contributed by atoms with Crippen LogP contribution in [-0.2, 0) is 20.7 Å². The Kier molecular flexibility index (Phi) is 7.67. The largest absolute Gasteiger partial charge is 0.492 e. The van der Waals surface area contributed by atoms with Crippen molar-refractivity contribution >= 4 is 36.7 Å². The highest BCUT2D eigenvalue weighted by Gasteiger charge is 2.52. The number of hydrogen-bond donors (Lipinski definition) is 1. The molecule has 1 aliphatic heterocycles. The Bertz CT molecular complexity index is 1040. The number of amides is 1. The van der Waals surface area contributed by atoms with E-state index in [1.807, 2.05) is 64.1 Å². The van der Waals surface area contributed by atoms with Crippen LogP contribution in [0.4, 0.5) is 4.79 Å². The standard InChI is InChI=1S/C25H29BClNO5/c1-17(29)21-12-11-19(14-22(21)27)13-20(26-32-24(2,3)25(4,5)33-26)15-28-23(30)31-16-18-9-7-6-8-10-18/h6-14H,15-16H2,1-5H3,(H,28,30). The lowest BCUT2D eigenvalue weighted by Crippen LogP contribution is -2.41. The zero-order chi connectivity index (χ0) is 24.2. The van der Waals surface area contributed by atoms with Crippen molar-refractivity contribution in [1.29, 1.82) is 0 Å². The van der Waals surface area contributed by atoms with Crippen molar-refractivity contribution in [2.75, 3.05) is 6.54 Å². The lowest BCUT2D eigenvalue weighted by Gasteiger charge is -2.32. The van der Waals surface area contributed by atoms with E-state index in [4.69, 9.17) is 25.6 Å². The monoisotopic (exact) mass is 469 g/mol.